The van der Waals surface area contributed by atoms with Crippen LogP contribution in [0.3, 0.4) is 0 Å². The Balaban J connectivity index is 1.81. The van der Waals surface area contributed by atoms with Gasteiger partial charge in [0, 0.05) is 18.1 Å². The van der Waals surface area contributed by atoms with E-state index < -0.39 is 5.54 Å². The first kappa shape index (κ1) is 14.7. The molecule has 2 N–H and O–H groups in total. The Morgan fingerprint density at radius 2 is 2.27 bits per heavy atom. The van der Waals surface area contributed by atoms with E-state index in [0.717, 1.165) is 18.4 Å². The molecular formula is C16H19N3O3. The van der Waals surface area contributed by atoms with E-state index >= 15 is 0 Å². The standard InChI is InChI=1S/C16H19N3O3/c1-10-17-14(19-22-10)11-4-3-5-12(8-11)15(21)18-16(2,9-20)13-6-7-13/h3-5,8,13,20H,6-7,9H2,1-2H3,(H,18,21). The maximum absolute atomic E-state index is 12.5. The number of aliphatic hydroxyl groups is 1. The molecule has 6 nitrogen and oxygen atoms in total. The van der Waals surface area contributed by atoms with Gasteiger partial charge in [-0.15, -0.1) is 0 Å². The van der Waals surface area contributed by atoms with E-state index in [1.54, 1.807) is 25.1 Å². The van der Waals surface area contributed by atoms with Gasteiger partial charge in [0.05, 0.1) is 12.1 Å². The molecule has 1 unspecified atom stereocenters. The van der Waals surface area contributed by atoms with Crippen LogP contribution < -0.4 is 5.32 Å². The third-order valence-electron chi connectivity index (χ3n) is 4.12. The minimum absolute atomic E-state index is 0.0624. The molecule has 116 valence electrons. The van der Waals surface area contributed by atoms with Crippen LogP contribution in [0, 0.1) is 12.8 Å². The second-order valence-electron chi connectivity index (χ2n) is 6.02. The molecule has 1 saturated carbocycles. The second kappa shape index (κ2) is 5.53. The molecule has 1 fully saturated rings. The van der Waals surface area contributed by atoms with Crippen molar-refractivity contribution in [1.29, 1.82) is 0 Å². The molecule has 1 atom stereocenters. The number of nitrogens with one attached hydrogen (secondary N) is 1. The Hall–Kier alpha value is -2.21. The van der Waals surface area contributed by atoms with E-state index in [2.05, 4.69) is 15.5 Å². The summed E-state index contributed by atoms with van der Waals surface area (Å²) < 4.78 is 4.96. The third kappa shape index (κ3) is 2.87. The van der Waals surface area contributed by atoms with Crippen LogP contribution in [0.1, 0.15) is 36.0 Å². The number of hydrogen-bond donors (Lipinski definition) is 2. The van der Waals surface area contributed by atoms with Gasteiger partial charge in [0.25, 0.3) is 5.91 Å². The topological polar surface area (TPSA) is 88.2 Å². The van der Waals surface area contributed by atoms with Crippen molar-refractivity contribution in [2.75, 3.05) is 6.61 Å². The molecule has 2 aromatic rings. The maximum atomic E-state index is 12.5. The van der Waals surface area contributed by atoms with Gasteiger partial charge in [-0.25, -0.2) is 0 Å². The SMILES string of the molecule is Cc1nc(-c2cccc(C(=O)NC(C)(CO)C3CC3)c2)no1. The monoisotopic (exact) mass is 301 g/mol. The summed E-state index contributed by atoms with van der Waals surface area (Å²) in [7, 11) is 0. The van der Waals surface area contributed by atoms with Crippen molar-refractivity contribution in [2.24, 2.45) is 5.92 Å². The van der Waals surface area contributed by atoms with Gasteiger partial charge >= 0.3 is 0 Å². The first-order valence-electron chi connectivity index (χ1n) is 7.36. The molecule has 0 bridgehead atoms. The number of carbonyl (C=O) groups excluding carboxylic acids is 1. The summed E-state index contributed by atoms with van der Waals surface area (Å²) >= 11 is 0. The molecule has 1 heterocycles. The van der Waals surface area contributed by atoms with E-state index in [1.165, 1.54) is 0 Å². The fourth-order valence-electron chi connectivity index (χ4n) is 2.54. The van der Waals surface area contributed by atoms with E-state index in [0.29, 0.717) is 23.2 Å². The molecule has 22 heavy (non-hydrogen) atoms. The molecule has 6 heteroatoms. The Kier molecular flexibility index (Phi) is 3.70. The van der Waals surface area contributed by atoms with Gasteiger partial charge in [-0.3, -0.25) is 4.79 Å². The minimum atomic E-state index is -0.560. The number of benzene rings is 1. The molecule has 1 aliphatic carbocycles. The predicted octanol–water partition coefficient (Wildman–Crippen LogP) is 1.94. The molecule has 1 aliphatic rings. The lowest BCUT2D eigenvalue weighted by Crippen LogP contribution is -2.50. The van der Waals surface area contributed by atoms with Gasteiger partial charge in [0.15, 0.2) is 0 Å². The minimum Gasteiger partial charge on any atom is -0.394 e. The van der Waals surface area contributed by atoms with Crippen molar-refractivity contribution >= 4 is 5.91 Å². The molecule has 1 aromatic heterocycles. The first-order chi connectivity index (χ1) is 10.5. The summed E-state index contributed by atoms with van der Waals surface area (Å²) in [6, 6.07) is 7.07. The van der Waals surface area contributed by atoms with Crippen LogP contribution in [0.15, 0.2) is 28.8 Å². The zero-order valence-corrected chi connectivity index (χ0v) is 12.7. The Labute approximate surface area is 128 Å². The smallest absolute Gasteiger partial charge is 0.251 e. The molecule has 0 aliphatic heterocycles. The summed E-state index contributed by atoms with van der Waals surface area (Å²) in [5.74, 6) is 1.08. The van der Waals surface area contributed by atoms with Crippen molar-refractivity contribution in [3.05, 3.63) is 35.7 Å². The van der Waals surface area contributed by atoms with Crippen molar-refractivity contribution in [3.63, 3.8) is 0 Å². The Morgan fingerprint density at radius 3 is 2.86 bits per heavy atom. The van der Waals surface area contributed by atoms with Crippen molar-refractivity contribution in [3.8, 4) is 11.4 Å². The summed E-state index contributed by atoms with van der Waals surface area (Å²) in [5.41, 5.74) is 0.678. The van der Waals surface area contributed by atoms with Crippen LogP contribution in [-0.4, -0.2) is 33.3 Å². The molecule has 0 spiro atoms. The number of carbonyl (C=O) groups is 1. The summed E-state index contributed by atoms with van der Waals surface area (Å²) in [4.78, 5) is 16.6. The quantitative estimate of drug-likeness (QED) is 0.881. The summed E-state index contributed by atoms with van der Waals surface area (Å²) in [6.07, 6.45) is 2.08. The highest BCUT2D eigenvalue weighted by Gasteiger charge is 2.42. The fourth-order valence-corrected chi connectivity index (χ4v) is 2.54. The van der Waals surface area contributed by atoms with Gasteiger partial charge in [0.1, 0.15) is 0 Å². The van der Waals surface area contributed by atoms with E-state index in [9.17, 15) is 9.90 Å². The van der Waals surface area contributed by atoms with E-state index in [1.807, 2.05) is 13.0 Å². The Bertz CT molecular complexity index is 693. The van der Waals surface area contributed by atoms with Gasteiger partial charge in [0.2, 0.25) is 11.7 Å². The summed E-state index contributed by atoms with van der Waals surface area (Å²) in [6.45, 7) is 3.54. The van der Waals surface area contributed by atoms with Crippen LogP contribution in [0.5, 0.6) is 0 Å². The summed E-state index contributed by atoms with van der Waals surface area (Å²) in [5, 5.41) is 16.4. The maximum Gasteiger partial charge on any atom is 0.251 e. The Morgan fingerprint density at radius 1 is 1.50 bits per heavy atom. The number of aromatic nitrogens is 2. The zero-order valence-electron chi connectivity index (χ0n) is 12.7. The number of hydrogen-bond acceptors (Lipinski definition) is 5. The fraction of sp³-hybridized carbons (Fsp3) is 0.438. The third-order valence-corrected chi connectivity index (χ3v) is 4.12. The van der Waals surface area contributed by atoms with Crippen molar-refractivity contribution < 1.29 is 14.4 Å². The normalized spacial score (nSPS) is 17.0. The highest BCUT2D eigenvalue weighted by Crippen LogP contribution is 2.39. The van der Waals surface area contributed by atoms with Crippen LogP contribution in [0.2, 0.25) is 0 Å². The highest BCUT2D eigenvalue weighted by molar-refractivity contribution is 5.95. The van der Waals surface area contributed by atoms with Crippen LogP contribution in [0.4, 0.5) is 0 Å². The van der Waals surface area contributed by atoms with E-state index in [4.69, 9.17) is 4.52 Å². The largest absolute Gasteiger partial charge is 0.394 e. The van der Waals surface area contributed by atoms with Gasteiger partial charge < -0.3 is 14.9 Å². The number of amides is 1. The molecule has 0 saturated heterocycles. The molecular weight excluding hydrogens is 282 g/mol. The number of aliphatic hydroxyl groups excluding tert-OH is 1. The van der Waals surface area contributed by atoms with Crippen LogP contribution in [-0.2, 0) is 0 Å². The van der Waals surface area contributed by atoms with Gasteiger partial charge in [-0.1, -0.05) is 17.3 Å². The molecule has 3 rings (SSSR count). The number of rotatable bonds is 5. The van der Waals surface area contributed by atoms with Gasteiger partial charge in [-0.05, 0) is 37.8 Å². The van der Waals surface area contributed by atoms with Crippen molar-refractivity contribution in [1.82, 2.24) is 15.5 Å². The molecule has 1 amide bonds. The molecule has 1 aromatic carbocycles. The van der Waals surface area contributed by atoms with Gasteiger partial charge in [-0.2, -0.15) is 4.98 Å². The van der Waals surface area contributed by atoms with Crippen LogP contribution >= 0.6 is 0 Å². The lowest BCUT2D eigenvalue weighted by atomic mass is 9.96. The first-order valence-corrected chi connectivity index (χ1v) is 7.36. The predicted molar refractivity (Wildman–Crippen MR) is 80.2 cm³/mol. The average molecular weight is 301 g/mol. The lowest BCUT2D eigenvalue weighted by molar-refractivity contribution is 0.0824. The van der Waals surface area contributed by atoms with Crippen molar-refractivity contribution in [2.45, 2.75) is 32.2 Å². The van der Waals surface area contributed by atoms with E-state index in [-0.39, 0.29) is 12.5 Å². The molecule has 0 radical (unpaired) electrons. The number of nitrogens with zero attached hydrogens (tertiary/aromatic N) is 2. The second-order valence-corrected chi connectivity index (χ2v) is 6.02. The number of aryl methyl sites for hydroxylation is 1. The zero-order chi connectivity index (χ0) is 15.7. The average Bonchev–Trinajstić information content (AvgIpc) is 3.30. The lowest BCUT2D eigenvalue weighted by Gasteiger charge is -2.28. The van der Waals surface area contributed by atoms with Crippen LogP contribution in [0.25, 0.3) is 11.4 Å². The highest BCUT2D eigenvalue weighted by atomic mass is 16.5.